The minimum absolute atomic E-state index is 0.0227. The van der Waals surface area contributed by atoms with Crippen LogP contribution < -0.4 is 16.0 Å². The minimum atomic E-state index is 0.0227. The van der Waals surface area contributed by atoms with Crippen molar-refractivity contribution in [3.8, 4) is 0 Å². The molecule has 3 aliphatic heterocycles. The molecule has 0 spiro atoms. The molecule has 21 heavy (non-hydrogen) atoms. The summed E-state index contributed by atoms with van der Waals surface area (Å²) in [6.07, 6.45) is 1.20. The monoisotopic (exact) mass is 287 g/mol. The number of hydrogen-bond acceptors (Lipinski definition) is 4. The second kappa shape index (κ2) is 4.98. The summed E-state index contributed by atoms with van der Waals surface area (Å²) in [6, 6.07) is 10.6. The maximum absolute atomic E-state index is 12.5. The van der Waals surface area contributed by atoms with E-state index in [9.17, 15) is 4.79 Å². The highest BCUT2D eigenvalue weighted by Gasteiger charge is 2.50. The predicted octanol–water partition coefficient (Wildman–Crippen LogP) is 0.260. The summed E-state index contributed by atoms with van der Waals surface area (Å²) < 4.78 is 0. The van der Waals surface area contributed by atoms with Crippen molar-refractivity contribution in [3.63, 3.8) is 0 Å². The summed E-state index contributed by atoms with van der Waals surface area (Å²) in [6.45, 7) is 1.81. The van der Waals surface area contributed by atoms with E-state index in [0.717, 1.165) is 19.5 Å². The Labute approximate surface area is 124 Å². The highest BCUT2D eigenvalue weighted by Crippen LogP contribution is 2.28. The van der Waals surface area contributed by atoms with Crippen LogP contribution in [0.15, 0.2) is 30.3 Å². The molecule has 3 fully saturated rings. The second-order valence-electron chi connectivity index (χ2n) is 5.99. The van der Waals surface area contributed by atoms with Crippen molar-refractivity contribution >= 4 is 6.03 Å². The molecule has 1 aromatic rings. The van der Waals surface area contributed by atoms with Crippen LogP contribution in [0, 0.1) is 0 Å². The molecule has 4 atom stereocenters. The molecule has 6 heteroatoms. The van der Waals surface area contributed by atoms with Gasteiger partial charge in [0, 0.05) is 13.6 Å². The molecule has 3 saturated heterocycles. The summed E-state index contributed by atoms with van der Waals surface area (Å²) in [7, 11) is 1.88. The maximum Gasteiger partial charge on any atom is 0.322 e. The van der Waals surface area contributed by atoms with Gasteiger partial charge in [0.05, 0.1) is 12.2 Å². The Morgan fingerprint density at radius 2 is 1.95 bits per heavy atom. The number of rotatable bonds is 1. The number of likely N-dealkylation sites (N-methyl/N-ethyl adjacent to an activating group) is 1. The zero-order valence-corrected chi connectivity index (χ0v) is 12.1. The number of carbonyl (C=O) groups excluding carboxylic acids is 1. The van der Waals surface area contributed by atoms with Crippen molar-refractivity contribution in [1.82, 2.24) is 25.8 Å². The largest absolute Gasteiger partial charge is 0.322 e. The fourth-order valence-corrected chi connectivity index (χ4v) is 3.67. The van der Waals surface area contributed by atoms with Crippen molar-refractivity contribution in [2.45, 2.75) is 31.0 Å². The van der Waals surface area contributed by atoms with E-state index in [1.807, 2.05) is 35.0 Å². The van der Waals surface area contributed by atoms with Gasteiger partial charge in [-0.25, -0.2) is 4.79 Å². The first-order valence-corrected chi connectivity index (χ1v) is 7.59. The van der Waals surface area contributed by atoms with Crippen LogP contribution in [0.25, 0.3) is 0 Å². The molecule has 0 saturated carbocycles. The van der Waals surface area contributed by atoms with Gasteiger partial charge < -0.3 is 9.80 Å². The van der Waals surface area contributed by atoms with Crippen molar-refractivity contribution < 1.29 is 4.79 Å². The number of amides is 2. The van der Waals surface area contributed by atoms with Crippen molar-refractivity contribution in [2.24, 2.45) is 0 Å². The van der Waals surface area contributed by atoms with Crippen LogP contribution in [-0.4, -0.2) is 54.3 Å². The average molecular weight is 287 g/mol. The summed E-state index contributed by atoms with van der Waals surface area (Å²) in [5.74, 6) is 0. The molecule has 3 aliphatic rings. The van der Waals surface area contributed by atoms with Gasteiger partial charge in [-0.2, -0.15) is 0 Å². The molecule has 1 aromatic carbocycles. The summed E-state index contributed by atoms with van der Waals surface area (Å²) in [5, 5.41) is 10.7. The van der Waals surface area contributed by atoms with E-state index >= 15 is 0 Å². The fourth-order valence-electron chi connectivity index (χ4n) is 3.67. The highest BCUT2D eigenvalue weighted by molar-refractivity contribution is 5.76. The van der Waals surface area contributed by atoms with Gasteiger partial charge in [0.25, 0.3) is 0 Å². The summed E-state index contributed by atoms with van der Waals surface area (Å²) >= 11 is 0. The molecule has 0 aromatic heterocycles. The van der Waals surface area contributed by atoms with E-state index in [0.29, 0.717) is 0 Å². The van der Waals surface area contributed by atoms with Gasteiger partial charge in [0.1, 0.15) is 12.3 Å². The Morgan fingerprint density at radius 1 is 1.14 bits per heavy atom. The zero-order valence-electron chi connectivity index (χ0n) is 12.1. The first-order valence-electron chi connectivity index (χ1n) is 7.59. The van der Waals surface area contributed by atoms with Crippen LogP contribution in [0.4, 0.5) is 4.79 Å². The van der Waals surface area contributed by atoms with Gasteiger partial charge in [-0.05, 0) is 18.5 Å². The predicted molar refractivity (Wildman–Crippen MR) is 79.3 cm³/mol. The Morgan fingerprint density at radius 3 is 2.76 bits per heavy atom. The molecular formula is C15H21N5O. The van der Waals surface area contributed by atoms with Crippen LogP contribution >= 0.6 is 0 Å². The summed E-state index contributed by atoms with van der Waals surface area (Å²) in [5.41, 5.74) is 1.20. The molecule has 112 valence electrons. The van der Waals surface area contributed by atoms with Crippen LogP contribution in [0.1, 0.15) is 18.2 Å². The lowest BCUT2D eigenvalue weighted by molar-refractivity contribution is 0.0353. The normalized spacial score (nSPS) is 35.6. The molecule has 0 bridgehead atoms. The molecule has 4 unspecified atom stereocenters. The van der Waals surface area contributed by atoms with E-state index in [-0.39, 0.29) is 30.6 Å². The van der Waals surface area contributed by atoms with E-state index in [2.05, 4.69) is 28.1 Å². The quantitative estimate of drug-likeness (QED) is 0.693. The lowest BCUT2D eigenvalue weighted by atomic mass is 10.1. The van der Waals surface area contributed by atoms with Gasteiger partial charge in [-0.1, -0.05) is 30.3 Å². The van der Waals surface area contributed by atoms with E-state index in [1.165, 1.54) is 5.56 Å². The summed E-state index contributed by atoms with van der Waals surface area (Å²) in [4.78, 5) is 16.3. The van der Waals surface area contributed by atoms with Gasteiger partial charge in [-0.3, -0.25) is 16.0 Å². The van der Waals surface area contributed by atoms with Gasteiger partial charge >= 0.3 is 6.03 Å². The molecule has 6 nitrogen and oxygen atoms in total. The fraction of sp³-hybridized carbons (Fsp3) is 0.533. The number of nitrogens with zero attached hydrogens (tertiary/aromatic N) is 2. The molecular weight excluding hydrogens is 266 g/mol. The van der Waals surface area contributed by atoms with Crippen molar-refractivity contribution in [2.75, 3.05) is 20.1 Å². The highest BCUT2D eigenvalue weighted by atomic mass is 16.2. The lowest BCUT2D eigenvalue weighted by Crippen LogP contribution is -2.73. The SMILES string of the molecule is CN1C(=O)N2CCCNC2C2NC(c3ccccc3)NC21. The molecule has 4 rings (SSSR count). The third-order valence-electron chi connectivity index (χ3n) is 4.74. The number of carbonyl (C=O) groups is 1. The number of nitrogens with one attached hydrogen (secondary N) is 3. The number of urea groups is 1. The zero-order chi connectivity index (χ0) is 14.4. The third-order valence-corrected chi connectivity index (χ3v) is 4.74. The van der Waals surface area contributed by atoms with Gasteiger partial charge in [0.15, 0.2) is 0 Å². The first kappa shape index (κ1) is 13.1. The smallest absolute Gasteiger partial charge is 0.310 e. The molecule has 3 heterocycles. The molecule has 0 aliphatic carbocycles. The Hall–Kier alpha value is -1.63. The van der Waals surface area contributed by atoms with Gasteiger partial charge in [0.2, 0.25) is 0 Å². The Balaban J connectivity index is 1.62. The van der Waals surface area contributed by atoms with E-state index in [4.69, 9.17) is 0 Å². The van der Waals surface area contributed by atoms with Crippen molar-refractivity contribution in [1.29, 1.82) is 0 Å². The van der Waals surface area contributed by atoms with Crippen LogP contribution in [0.5, 0.6) is 0 Å². The Bertz CT molecular complexity index is 536. The van der Waals surface area contributed by atoms with Crippen LogP contribution in [0.2, 0.25) is 0 Å². The topological polar surface area (TPSA) is 59.6 Å². The van der Waals surface area contributed by atoms with E-state index in [1.54, 1.807) is 0 Å². The van der Waals surface area contributed by atoms with Crippen LogP contribution in [0.3, 0.4) is 0 Å². The third kappa shape index (κ3) is 2.02. The number of hydrogen-bond donors (Lipinski definition) is 3. The standard InChI is InChI=1S/C15H21N5O/c1-19-14-11(13-16-8-5-9-20(13)15(19)21)17-12(18-14)10-6-3-2-4-7-10/h2-4,6-7,11-14,16-18H,5,8-9H2,1H3. The number of benzene rings is 1. The first-order chi connectivity index (χ1) is 10.3. The average Bonchev–Trinajstić information content (AvgIpc) is 2.99. The second-order valence-corrected chi connectivity index (χ2v) is 5.99. The van der Waals surface area contributed by atoms with Gasteiger partial charge in [-0.15, -0.1) is 0 Å². The maximum atomic E-state index is 12.5. The molecule has 2 amide bonds. The van der Waals surface area contributed by atoms with E-state index < -0.39 is 0 Å². The van der Waals surface area contributed by atoms with Crippen LogP contribution in [-0.2, 0) is 0 Å². The lowest BCUT2D eigenvalue weighted by Gasteiger charge is -2.49. The van der Waals surface area contributed by atoms with Crippen molar-refractivity contribution in [3.05, 3.63) is 35.9 Å². The molecule has 0 radical (unpaired) electrons. The minimum Gasteiger partial charge on any atom is -0.310 e. The number of fused-ring (bicyclic) bond motifs is 3. The Kier molecular flexibility index (Phi) is 3.10. The molecule has 3 N–H and O–H groups in total.